The van der Waals surface area contributed by atoms with Crippen molar-refractivity contribution >= 4 is 47.5 Å². The van der Waals surface area contributed by atoms with Crippen LogP contribution in [0.2, 0.25) is 4.44 Å². The summed E-state index contributed by atoms with van der Waals surface area (Å²) in [5.74, 6) is 0.188. The minimum atomic E-state index is -3.29. The summed E-state index contributed by atoms with van der Waals surface area (Å²) in [6.45, 7) is 0. The molecule has 0 bridgehead atoms. The van der Waals surface area contributed by atoms with E-state index >= 15 is 0 Å². The molecule has 1 aliphatic rings. The van der Waals surface area contributed by atoms with Gasteiger partial charge in [-0.15, -0.1) is 0 Å². The molecule has 1 aliphatic carbocycles. The molecule has 1 rings (SSSR count). The van der Waals surface area contributed by atoms with E-state index in [1.165, 1.54) is 6.42 Å². The number of allylic oxidation sites excluding steroid dienone is 2. The summed E-state index contributed by atoms with van der Waals surface area (Å²) in [5, 5.41) is 0. The molecule has 0 atom stereocenters. The van der Waals surface area contributed by atoms with Gasteiger partial charge in [-0.1, -0.05) is 0 Å². The maximum atomic E-state index is 11.6. The first-order valence-corrected chi connectivity index (χ1v) is 17.6. The first-order valence-electron chi connectivity index (χ1n) is 4.78. The Kier molecular flexibility index (Phi) is 5.61. The molecular formula is C9H13Cl3OSn. The van der Waals surface area contributed by atoms with E-state index in [-0.39, 0.29) is 5.78 Å². The summed E-state index contributed by atoms with van der Waals surface area (Å²) in [5.41, 5.74) is 0.955. The van der Waals surface area contributed by atoms with Gasteiger partial charge in [-0.3, -0.25) is 0 Å². The molecular weight excluding hydrogens is 349 g/mol. The van der Waals surface area contributed by atoms with Crippen LogP contribution < -0.4 is 0 Å². The van der Waals surface area contributed by atoms with E-state index in [0.29, 0.717) is 10.9 Å². The van der Waals surface area contributed by atoms with Crippen LogP contribution in [0.4, 0.5) is 0 Å². The average Bonchev–Trinajstić information content (AvgIpc) is 2.14. The Labute approximate surface area is 99.8 Å². The zero-order valence-electron chi connectivity index (χ0n) is 7.86. The van der Waals surface area contributed by atoms with Crippen LogP contribution >= 0.6 is 26.8 Å². The van der Waals surface area contributed by atoms with Crippen LogP contribution in [0, 0.1) is 0 Å². The van der Waals surface area contributed by atoms with Crippen molar-refractivity contribution in [3.8, 4) is 0 Å². The molecule has 80 valence electrons. The predicted molar refractivity (Wildman–Crippen MR) is 64.3 cm³/mol. The second-order valence-corrected chi connectivity index (χ2v) is 25.3. The summed E-state index contributed by atoms with van der Waals surface area (Å²) >= 11 is -3.29. The van der Waals surface area contributed by atoms with Crippen LogP contribution in [-0.2, 0) is 4.79 Å². The molecule has 5 heteroatoms. The van der Waals surface area contributed by atoms with E-state index in [2.05, 4.69) is 0 Å². The molecule has 0 saturated carbocycles. The van der Waals surface area contributed by atoms with Crippen LogP contribution in [0.5, 0.6) is 0 Å². The number of hydrogen-bond donors (Lipinski definition) is 0. The van der Waals surface area contributed by atoms with E-state index < -0.39 is 15.0 Å². The van der Waals surface area contributed by atoms with E-state index in [4.69, 9.17) is 26.8 Å². The number of halogens is 3. The zero-order valence-corrected chi connectivity index (χ0v) is 13.0. The number of ketones is 1. The van der Waals surface area contributed by atoms with Crippen molar-refractivity contribution in [2.24, 2.45) is 0 Å². The summed E-state index contributed by atoms with van der Waals surface area (Å²) in [6.07, 6.45) is 6.72. The fraction of sp³-hybridized carbons (Fsp3) is 0.667. The molecule has 0 N–H and O–H groups in total. The van der Waals surface area contributed by atoms with E-state index in [1.54, 1.807) is 0 Å². The molecule has 0 fully saturated rings. The predicted octanol–water partition coefficient (Wildman–Crippen LogP) is 4.10. The Morgan fingerprint density at radius 2 is 2.07 bits per heavy atom. The first-order chi connectivity index (χ1) is 6.49. The standard InChI is InChI=1S/C9H13O.3ClH.Sn/c1-2-9(10)8-6-4-3-5-7-8;;;;/h6H,1-5,7H2;3*1H;/q;;;;+3/p-3. The fourth-order valence-corrected chi connectivity index (χ4v) is 4.87. The molecule has 0 aromatic carbocycles. The second kappa shape index (κ2) is 5.97. The molecule has 0 aliphatic heterocycles. The van der Waals surface area contributed by atoms with E-state index in [9.17, 15) is 4.79 Å². The molecule has 0 unspecified atom stereocenters. The summed E-state index contributed by atoms with van der Waals surface area (Å²) in [7, 11) is 17.4. The van der Waals surface area contributed by atoms with Gasteiger partial charge in [0.2, 0.25) is 0 Å². The first kappa shape index (κ1) is 13.1. The number of rotatable bonds is 4. The van der Waals surface area contributed by atoms with Crippen LogP contribution in [0.25, 0.3) is 0 Å². The van der Waals surface area contributed by atoms with Crippen molar-refractivity contribution in [2.45, 2.75) is 36.5 Å². The zero-order chi connectivity index (χ0) is 10.6. The summed E-state index contributed by atoms with van der Waals surface area (Å²) < 4.78 is 0.509. The Bertz CT molecular complexity index is 245. The molecule has 0 radical (unpaired) electrons. The average molecular weight is 362 g/mol. The number of hydrogen-bond acceptors (Lipinski definition) is 1. The Balaban J connectivity index is 2.38. The van der Waals surface area contributed by atoms with Crippen molar-refractivity contribution in [2.75, 3.05) is 0 Å². The molecule has 0 aromatic heterocycles. The minimum absolute atomic E-state index is 0.188. The summed E-state index contributed by atoms with van der Waals surface area (Å²) in [6, 6.07) is 0. The Morgan fingerprint density at radius 3 is 2.57 bits per heavy atom. The van der Waals surface area contributed by atoms with Crippen molar-refractivity contribution in [1.82, 2.24) is 0 Å². The topological polar surface area (TPSA) is 17.1 Å². The third-order valence-corrected chi connectivity index (χ3v) is 8.42. The van der Waals surface area contributed by atoms with Crippen molar-refractivity contribution in [1.29, 1.82) is 0 Å². The van der Waals surface area contributed by atoms with Gasteiger partial charge in [-0.25, -0.2) is 0 Å². The quantitative estimate of drug-likeness (QED) is 0.688. The summed E-state index contributed by atoms with van der Waals surface area (Å²) in [4.78, 5) is 11.6. The fourth-order valence-electron chi connectivity index (χ4n) is 1.51. The van der Waals surface area contributed by atoms with Crippen molar-refractivity contribution in [3.63, 3.8) is 0 Å². The number of carbonyl (C=O) groups excluding carboxylic acids is 1. The van der Waals surface area contributed by atoms with Crippen molar-refractivity contribution < 1.29 is 4.79 Å². The Morgan fingerprint density at radius 1 is 1.36 bits per heavy atom. The van der Waals surface area contributed by atoms with Crippen LogP contribution in [0.15, 0.2) is 11.6 Å². The van der Waals surface area contributed by atoms with E-state index in [1.807, 2.05) is 6.08 Å². The number of Topliss-reactive ketones (excluding diaryl/α,β-unsaturated/α-hetero) is 1. The van der Waals surface area contributed by atoms with Gasteiger partial charge in [0, 0.05) is 0 Å². The molecule has 1 nitrogen and oxygen atoms in total. The van der Waals surface area contributed by atoms with Gasteiger partial charge in [0.15, 0.2) is 0 Å². The molecule has 0 amide bonds. The van der Waals surface area contributed by atoms with E-state index in [0.717, 1.165) is 24.8 Å². The van der Waals surface area contributed by atoms with Gasteiger partial charge < -0.3 is 0 Å². The Hall–Kier alpha value is 1.08. The molecule has 0 spiro atoms. The van der Waals surface area contributed by atoms with Gasteiger partial charge in [-0.05, 0) is 0 Å². The molecule has 0 heterocycles. The van der Waals surface area contributed by atoms with Gasteiger partial charge in [0.25, 0.3) is 0 Å². The third kappa shape index (κ3) is 5.24. The second-order valence-electron chi connectivity index (χ2n) is 3.51. The van der Waals surface area contributed by atoms with Crippen LogP contribution in [0.1, 0.15) is 32.1 Å². The normalized spacial score (nSPS) is 17.8. The maximum absolute atomic E-state index is 11.6. The van der Waals surface area contributed by atoms with Crippen molar-refractivity contribution in [3.05, 3.63) is 11.6 Å². The monoisotopic (exact) mass is 362 g/mol. The van der Waals surface area contributed by atoms with Gasteiger partial charge in [-0.2, -0.15) is 0 Å². The molecule has 14 heavy (non-hydrogen) atoms. The SMILES string of the molecule is O=C(C[CH2][Sn]([Cl])([Cl])[Cl])C1=CCCCC1. The van der Waals surface area contributed by atoms with Gasteiger partial charge >= 0.3 is 101 Å². The van der Waals surface area contributed by atoms with Gasteiger partial charge in [0.05, 0.1) is 0 Å². The van der Waals surface area contributed by atoms with Crippen LogP contribution in [-0.4, -0.2) is 20.8 Å². The third-order valence-electron chi connectivity index (χ3n) is 2.28. The van der Waals surface area contributed by atoms with Gasteiger partial charge in [0.1, 0.15) is 0 Å². The van der Waals surface area contributed by atoms with Crippen LogP contribution in [0.3, 0.4) is 0 Å². The molecule has 0 aromatic rings. The number of carbonyl (C=O) groups is 1. The molecule has 0 saturated heterocycles.